The van der Waals surface area contributed by atoms with Gasteiger partial charge in [-0.05, 0) is 25.7 Å². The van der Waals surface area contributed by atoms with E-state index in [1.165, 1.54) is 32.1 Å². The van der Waals surface area contributed by atoms with Gasteiger partial charge in [-0.3, -0.25) is 4.68 Å². The second-order valence-electron chi connectivity index (χ2n) is 4.91. The van der Waals surface area contributed by atoms with Crippen molar-refractivity contribution in [3.63, 3.8) is 0 Å². The van der Waals surface area contributed by atoms with Gasteiger partial charge in [-0.15, -0.1) is 5.10 Å². The molecule has 0 saturated heterocycles. The molecule has 0 spiro atoms. The molecule has 1 aromatic heterocycles. The van der Waals surface area contributed by atoms with E-state index < -0.39 is 0 Å². The fourth-order valence-corrected chi connectivity index (χ4v) is 1.82. The fraction of sp³-hybridized carbons (Fsp3) is 0.846. The molecule has 0 aliphatic heterocycles. The van der Waals surface area contributed by atoms with Crippen LogP contribution in [0.1, 0.15) is 58.6 Å². The summed E-state index contributed by atoms with van der Waals surface area (Å²) < 4.78 is 1.90. The Morgan fingerprint density at radius 3 is 2.56 bits per heavy atom. The van der Waals surface area contributed by atoms with Crippen LogP contribution in [0, 0.1) is 5.92 Å². The summed E-state index contributed by atoms with van der Waals surface area (Å²) in [6, 6.07) is 0. The summed E-state index contributed by atoms with van der Waals surface area (Å²) in [4.78, 5) is 0. The van der Waals surface area contributed by atoms with Crippen LogP contribution in [-0.2, 0) is 13.0 Å². The standard InChI is InChI=1S/C13H25N3/c1-4-16-11-13(14-15-16)10-8-6-5-7-9-12(2)3/h11-12H,4-10H2,1-3H3. The van der Waals surface area contributed by atoms with Gasteiger partial charge in [-0.1, -0.05) is 44.7 Å². The molecule has 1 rings (SSSR count). The Balaban J connectivity index is 2.02. The molecule has 0 aliphatic carbocycles. The van der Waals surface area contributed by atoms with E-state index in [4.69, 9.17) is 0 Å². The molecule has 0 fully saturated rings. The van der Waals surface area contributed by atoms with Crippen molar-refractivity contribution in [1.82, 2.24) is 15.0 Å². The van der Waals surface area contributed by atoms with Crippen molar-refractivity contribution in [2.75, 3.05) is 0 Å². The lowest BCUT2D eigenvalue weighted by Gasteiger charge is -2.03. The van der Waals surface area contributed by atoms with E-state index in [0.29, 0.717) is 0 Å². The van der Waals surface area contributed by atoms with Gasteiger partial charge in [0.15, 0.2) is 0 Å². The number of aryl methyl sites for hydroxylation is 2. The van der Waals surface area contributed by atoms with Crippen molar-refractivity contribution < 1.29 is 0 Å². The van der Waals surface area contributed by atoms with Crippen LogP contribution in [0.25, 0.3) is 0 Å². The Morgan fingerprint density at radius 2 is 1.94 bits per heavy atom. The van der Waals surface area contributed by atoms with Crippen molar-refractivity contribution in [2.45, 2.75) is 65.8 Å². The summed E-state index contributed by atoms with van der Waals surface area (Å²) >= 11 is 0. The van der Waals surface area contributed by atoms with Gasteiger partial charge in [-0.25, -0.2) is 0 Å². The van der Waals surface area contributed by atoms with Crippen molar-refractivity contribution in [1.29, 1.82) is 0 Å². The lowest BCUT2D eigenvalue weighted by atomic mass is 10.0. The van der Waals surface area contributed by atoms with Crippen molar-refractivity contribution >= 4 is 0 Å². The third kappa shape index (κ3) is 5.29. The summed E-state index contributed by atoms with van der Waals surface area (Å²) in [7, 11) is 0. The highest BCUT2D eigenvalue weighted by Crippen LogP contribution is 2.10. The zero-order chi connectivity index (χ0) is 11.8. The molecule has 0 saturated carbocycles. The number of unbranched alkanes of at least 4 members (excludes halogenated alkanes) is 3. The summed E-state index contributed by atoms with van der Waals surface area (Å²) in [5, 5.41) is 8.19. The highest BCUT2D eigenvalue weighted by atomic mass is 15.4. The molecule has 0 aliphatic rings. The molecule has 3 heteroatoms. The lowest BCUT2D eigenvalue weighted by Crippen LogP contribution is -1.93. The van der Waals surface area contributed by atoms with E-state index in [1.807, 2.05) is 4.68 Å². The second kappa shape index (κ2) is 7.42. The van der Waals surface area contributed by atoms with Gasteiger partial charge < -0.3 is 0 Å². The van der Waals surface area contributed by atoms with Gasteiger partial charge in [0.2, 0.25) is 0 Å². The van der Waals surface area contributed by atoms with Crippen LogP contribution in [0.4, 0.5) is 0 Å². The average Bonchev–Trinajstić information content (AvgIpc) is 2.70. The van der Waals surface area contributed by atoms with Crippen molar-refractivity contribution in [3.05, 3.63) is 11.9 Å². The van der Waals surface area contributed by atoms with Crippen LogP contribution in [0.15, 0.2) is 6.20 Å². The van der Waals surface area contributed by atoms with Gasteiger partial charge >= 0.3 is 0 Å². The Hall–Kier alpha value is -0.860. The van der Waals surface area contributed by atoms with E-state index in [9.17, 15) is 0 Å². The number of rotatable bonds is 8. The maximum absolute atomic E-state index is 4.15. The van der Waals surface area contributed by atoms with Crippen LogP contribution >= 0.6 is 0 Å². The van der Waals surface area contributed by atoms with Crippen LogP contribution in [0.2, 0.25) is 0 Å². The van der Waals surface area contributed by atoms with Crippen LogP contribution in [0.3, 0.4) is 0 Å². The maximum Gasteiger partial charge on any atom is 0.0827 e. The quantitative estimate of drug-likeness (QED) is 0.632. The van der Waals surface area contributed by atoms with Crippen LogP contribution in [0.5, 0.6) is 0 Å². The molecule has 0 radical (unpaired) electrons. The lowest BCUT2D eigenvalue weighted by molar-refractivity contribution is 0.519. The molecule has 0 atom stereocenters. The Bertz CT molecular complexity index is 278. The first kappa shape index (κ1) is 13.2. The first-order valence-electron chi connectivity index (χ1n) is 6.61. The first-order chi connectivity index (χ1) is 7.72. The largest absolute Gasteiger partial charge is 0.253 e. The van der Waals surface area contributed by atoms with Gasteiger partial charge in [0, 0.05) is 12.7 Å². The molecule has 0 aromatic carbocycles. The van der Waals surface area contributed by atoms with E-state index in [0.717, 1.165) is 24.6 Å². The average molecular weight is 223 g/mol. The normalized spacial score (nSPS) is 11.2. The predicted molar refractivity (Wildman–Crippen MR) is 67.3 cm³/mol. The maximum atomic E-state index is 4.15. The van der Waals surface area contributed by atoms with Crippen LogP contribution in [-0.4, -0.2) is 15.0 Å². The Morgan fingerprint density at radius 1 is 1.19 bits per heavy atom. The van der Waals surface area contributed by atoms with Crippen molar-refractivity contribution in [3.8, 4) is 0 Å². The molecule has 0 amide bonds. The fourth-order valence-electron chi connectivity index (χ4n) is 1.82. The zero-order valence-electron chi connectivity index (χ0n) is 10.9. The molecule has 1 aromatic rings. The van der Waals surface area contributed by atoms with Gasteiger partial charge in [0.25, 0.3) is 0 Å². The third-order valence-corrected chi connectivity index (χ3v) is 2.87. The minimum absolute atomic E-state index is 0.851. The van der Waals surface area contributed by atoms with Gasteiger partial charge in [0.1, 0.15) is 0 Å². The summed E-state index contributed by atoms with van der Waals surface area (Å²) in [6.45, 7) is 7.60. The number of hydrogen-bond donors (Lipinski definition) is 0. The molecule has 0 N–H and O–H groups in total. The van der Waals surface area contributed by atoms with Crippen molar-refractivity contribution in [2.24, 2.45) is 5.92 Å². The van der Waals surface area contributed by atoms with E-state index >= 15 is 0 Å². The highest BCUT2D eigenvalue weighted by Gasteiger charge is 1.99. The number of nitrogens with zero attached hydrogens (tertiary/aromatic N) is 3. The van der Waals surface area contributed by atoms with Crippen LogP contribution < -0.4 is 0 Å². The second-order valence-corrected chi connectivity index (χ2v) is 4.91. The predicted octanol–water partition coefficient (Wildman–Crippen LogP) is 3.45. The van der Waals surface area contributed by atoms with Gasteiger partial charge in [-0.2, -0.15) is 0 Å². The third-order valence-electron chi connectivity index (χ3n) is 2.87. The monoisotopic (exact) mass is 223 g/mol. The molecule has 3 nitrogen and oxygen atoms in total. The minimum Gasteiger partial charge on any atom is -0.253 e. The molecule has 1 heterocycles. The molecular weight excluding hydrogens is 198 g/mol. The van der Waals surface area contributed by atoms with E-state index in [-0.39, 0.29) is 0 Å². The van der Waals surface area contributed by atoms with E-state index in [1.54, 1.807) is 0 Å². The summed E-state index contributed by atoms with van der Waals surface area (Å²) in [6.07, 6.45) is 9.83. The SMILES string of the molecule is CCn1cc(CCCCCCC(C)C)nn1. The molecule has 0 unspecified atom stereocenters. The highest BCUT2D eigenvalue weighted by molar-refractivity contribution is 4.91. The first-order valence-corrected chi connectivity index (χ1v) is 6.61. The molecular formula is C13H25N3. The topological polar surface area (TPSA) is 30.7 Å². The number of hydrogen-bond acceptors (Lipinski definition) is 2. The smallest absolute Gasteiger partial charge is 0.0827 e. The number of aromatic nitrogens is 3. The molecule has 0 bridgehead atoms. The Labute approximate surface area is 99.2 Å². The molecule has 92 valence electrons. The van der Waals surface area contributed by atoms with E-state index in [2.05, 4.69) is 37.3 Å². The summed E-state index contributed by atoms with van der Waals surface area (Å²) in [5.41, 5.74) is 1.14. The zero-order valence-corrected chi connectivity index (χ0v) is 10.9. The summed E-state index contributed by atoms with van der Waals surface area (Å²) in [5.74, 6) is 0.851. The molecule has 16 heavy (non-hydrogen) atoms. The minimum atomic E-state index is 0.851. The Kier molecular flexibility index (Phi) is 6.12. The van der Waals surface area contributed by atoms with Gasteiger partial charge in [0.05, 0.1) is 5.69 Å².